The second-order valence-electron chi connectivity index (χ2n) is 6.36. The third-order valence-corrected chi connectivity index (χ3v) is 6.31. The average Bonchev–Trinajstić information content (AvgIpc) is 3.04. The van der Waals surface area contributed by atoms with Gasteiger partial charge in [-0.25, -0.2) is 9.88 Å². The number of thiazole rings is 1. The first-order valence-corrected chi connectivity index (χ1v) is 9.94. The first-order valence-electron chi connectivity index (χ1n) is 7.99. The summed E-state index contributed by atoms with van der Waals surface area (Å²) in [5.41, 5.74) is -0.773. The molecule has 1 N–H and O–H groups in total. The summed E-state index contributed by atoms with van der Waals surface area (Å²) in [7, 11) is 0. The van der Waals surface area contributed by atoms with Crippen LogP contribution in [0.25, 0.3) is 10.2 Å². The molecule has 6 nitrogen and oxygen atoms in total. The van der Waals surface area contributed by atoms with Crippen LogP contribution >= 0.6 is 46.1 Å². The minimum Gasteiger partial charge on any atom is -0.481 e. The Morgan fingerprint density at radius 2 is 2.04 bits per heavy atom. The van der Waals surface area contributed by atoms with Crippen LogP contribution in [0.2, 0.25) is 15.1 Å². The highest BCUT2D eigenvalue weighted by Gasteiger charge is 2.48. The van der Waals surface area contributed by atoms with E-state index in [-0.39, 0.29) is 5.02 Å². The number of carbonyl (C=O) groups is 2. The molecule has 1 aliphatic heterocycles. The highest BCUT2D eigenvalue weighted by Crippen LogP contribution is 2.47. The molecule has 0 bridgehead atoms. The van der Waals surface area contributed by atoms with E-state index in [1.165, 1.54) is 23.2 Å². The summed E-state index contributed by atoms with van der Waals surface area (Å²) in [6.45, 7) is 1.44. The van der Waals surface area contributed by atoms with E-state index in [0.29, 0.717) is 32.1 Å². The molecule has 2 heterocycles. The minimum atomic E-state index is -1.61. The number of carbonyl (C=O) groups excluding carboxylic acids is 1. The Labute approximate surface area is 178 Å². The van der Waals surface area contributed by atoms with Crippen molar-refractivity contribution in [1.82, 2.24) is 4.98 Å². The topological polar surface area (TPSA) is 79.7 Å². The number of carboxylic acids is 1. The summed E-state index contributed by atoms with van der Waals surface area (Å²) in [6.07, 6.45) is -0.512. The quantitative estimate of drug-likeness (QED) is 0.558. The molecular formula is C18H11Cl3N2O4S. The van der Waals surface area contributed by atoms with Crippen LogP contribution in [0.1, 0.15) is 13.3 Å². The molecule has 0 saturated heterocycles. The number of amides is 1. The fraction of sp³-hybridized carbons (Fsp3) is 0.167. The lowest BCUT2D eigenvalue weighted by Crippen LogP contribution is -2.53. The Morgan fingerprint density at radius 3 is 2.75 bits per heavy atom. The van der Waals surface area contributed by atoms with Crippen molar-refractivity contribution < 1.29 is 19.4 Å². The molecule has 0 fully saturated rings. The summed E-state index contributed by atoms with van der Waals surface area (Å²) < 4.78 is 6.49. The maximum Gasteiger partial charge on any atom is 0.307 e. The molecule has 3 aromatic rings. The van der Waals surface area contributed by atoms with Gasteiger partial charge >= 0.3 is 5.97 Å². The van der Waals surface area contributed by atoms with E-state index in [1.54, 1.807) is 30.3 Å². The number of hydrogen-bond acceptors (Lipinski definition) is 5. The lowest BCUT2D eigenvalue weighted by Gasteiger charge is -2.38. The Hall–Kier alpha value is -2.06. The van der Waals surface area contributed by atoms with E-state index in [1.807, 2.05) is 0 Å². The first kappa shape index (κ1) is 19.3. The lowest BCUT2D eigenvalue weighted by molar-refractivity contribution is -0.148. The third-order valence-electron chi connectivity index (χ3n) is 4.27. The number of benzene rings is 2. The second-order valence-corrected chi connectivity index (χ2v) is 8.59. The van der Waals surface area contributed by atoms with Gasteiger partial charge in [0.1, 0.15) is 11.3 Å². The van der Waals surface area contributed by atoms with Gasteiger partial charge in [-0.15, -0.1) is 0 Å². The molecule has 0 radical (unpaired) electrons. The van der Waals surface area contributed by atoms with Gasteiger partial charge in [0.2, 0.25) is 0 Å². The Bertz CT molecular complexity index is 1150. The molecular weight excluding hydrogens is 447 g/mol. The van der Waals surface area contributed by atoms with Crippen molar-refractivity contribution in [3.05, 3.63) is 45.4 Å². The number of carboxylic acid groups (broad SMARTS) is 1. The Morgan fingerprint density at radius 1 is 1.29 bits per heavy atom. The predicted octanol–water partition coefficient (Wildman–Crippen LogP) is 5.55. The SMILES string of the molecule is CC1(CC(=O)O)Oc2ccc(Cl)cc2N(c2nc3c(Cl)c(Cl)ccc3s2)C1=O. The summed E-state index contributed by atoms with van der Waals surface area (Å²) in [5.74, 6) is -1.39. The number of anilines is 2. The molecule has 144 valence electrons. The van der Waals surface area contributed by atoms with Crippen molar-refractivity contribution in [2.24, 2.45) is 0 Å². The molecule has 0 spiro atoms. The van der Waals surface area contributed by atoms with Crippen LogP contribution in [-0.2, 0) is 9.59 Å². The van der Waals surface area contributed by atoms with Crippen LogP contribution in [0.4, 0.5) is 10.8 Å². The normalized spacial score (nSPS) is 18.9. The molecule has 10 heteroatoms. The zero-order chi connectivity index (χ0) is 20.2. The van der Waals surface area contributed by atoms with Crippen LogP contribution in [0.15, 0.2) is 30.3 Å². The molecule has 1 amide bonds. The van der Waals surface area contributed by atoms with Crippen molar-refractivity contribution in [2.45, 2.75) is 18.9 Å². The zero-order valence-electron chi connectivity index (χ0n) is 14.2. The third kappa shape index (κ3) is 3.08. The van der Waals surface area contributed by atoms with Gasteiger partial charge in [0.25, 0.3) is 5.91 Å². The van der Waals surface area contributed by atoms with E-state index in [2.05, 4.69) is 4.98 Å². The fourth-order valence-corrected chi connectivity index (χ4v) is 4.56. The van der Waals surface area contributed by atoms with Crippen molar-refractivity contribution in [2.75, 3.05) is 4.90 Å². The molecule has 0 aliphatic carbocycles. The number of aromatic nitrogens is 1. The largest absolute Gasteiger partial charge is 0.481 e. The smallest absolute Gasteiger partial charge is 0.307 e. The fourth-order valence-electron chi connectivity index (χ4n) is 3.00. The van der Waals surface area contributed by atoms with Gasteiger partial charge in [0, 0.05) is 5.02 Å². The van der Waals surface area contributed by atoms with Crippen LogP contribution in [0.3, 0.4) is 0 Å². The molecule has 1 aliphatic rings. The number of hydrogen-bond donors (Lipinski definition) is 1. The van der Waals surface area contributed by atoms with Crippen molar-refractivity contribution >= 4 is 79.1 Å². The van der Waals surface area contributed by atoms with Gasteiger partial charge in [-0.3, -0.25) is 9.59 Å². The monoisotopic (exact) mass is 456 g/mol. The number of aliphatic carboxylic acids is 1. The van der Waals surface area contributed by atoms with E-state index in [0.717, 1.165) is 4.70 Å². The maximum absolute atomic E-state index is 13.3. The Balaban J connectivity index is 1.93. The maximum atomic E-state index is 13.3. The standard InChI is InChI=1S/C18H11Cl3N2O4S/c1-18(7-13(24)25)16(26)23(10-6-8(19)2-4-11(10)27-18)17-22-15-12(28-17)5-3-9(20)14(15)21/h2-6H,7H2,1H3,(H,24,25). The number of fused-ring (bicyclic) bond motifs is 2. The molecule has 1 unspecified atom stereocenters. The summed E-state index contributed by atoms with van der Waals surface area (Å²) in [5, 5.41) is 10.6. The van der Waals surface area contributed by atoms with Gasteiger partial charge in [0.05, 0.1) is 26.9 Å². The number of ether oxygens (including phenoxy) is 1. The summed E-state index contributed by atoms with van der Waals surface area (Å²) >= 11 is 19.7. The van der Waals surface area contributed by atoms with Gasteiger partial charge in [-0.2, -0.15) is 0 Å². The predicted molar refractivity (Wildman–Crippen MR) is 110 cm³/mol. The highest BCUT2D eigenvalue weighted by atomic mass is 35.5. The highest BCUT2D eigenvalue weighted by molar-refractivity contribution is 7.22. The van der Waals surface area contributed by atoms with Crippen LogP contribution in [-0.4, -0.2) is 27.6 Å². The Kier molecular flexibility index (Phi) is 4.66. The number of nitrogens with zero attached hydrogens (tertiary/aromatic N) is 2. The lowest BCUT2D eigenvalue weighted by atomic mass is 9.97. The van der Waals surface area contributed by atoms with E-state index in [4.69, 9.17) is 39.5 Å². The minimum absolute atomic E-state index is 0.280. The molecule has 0 saturated carbocycles. The first-order chi connectivity index (χ1) is 13.2. The van der Waals surface area contributed by atoms with Crippen molar-refractivity contribution in [1.29, 1.82) is 0 Å². The molecule has 1 aromatic heterocycles. The average molecular weight is 458 g/mol. The van der Waals surface area contributed by atoms with Crippen molar-refractivity contribution in [3.8, 4) is 5.75 Å². The van der Waals surface area contributed by atoms with E-state index >= 15 is 0 Å². The van der Waals surface area contributed by atoms with Gasteiger partial charge < -0.3 is 9.84 Å². The van der Waals surface area contributed by atoms with Gasteiger partial charge in [-0.05, 0) is 37.3 Å². The molecule has 28 heavy (non-hydrogen) atoms. The van der Waals surface area contributed by atoms with Gasteiger partial charge in [-0.1, -0.05) is 46.1 Å². The van der Waals surface area contributed by atoms with E-state index in [9.17, 15) is 14.7 Å². The van der Waals surface area contributed by atoms with E-state index < -0.39 is 23.9 Å². The van der Waals surface area contributed by atoms with Crippen LogP contribution < -0.4 is 9.64 Å². The van der Waals surface area contributed by atoms with Crippen LogP contribution in [0, 0.1) is 0 Å². The second kappa shape index (κ2) is 6.77. The zero-order valence-corrected chi connectivity index (χ0v) is 17.3. The van der Waals surface area contributed by atoms with Crippen molar-refractivity contribution in [3.63, 3.8) is 0 Å². The summed E-state index contributed by atoms with van der Waals surface area (Å²) in [6, 6.07) is 8.16. The molecule has 4 rings (SSSR count). The summed E-state index contributed by atoms with van der Waals surface area (Å²) in [4.78, 5) is 30.4. The number of rotatable bonds is 3. The number of halogens is 3. The van der Waals surface area contributed by atoms with Gasteiger partial charge in [0.15, 0.2) is 10.7 Å². The van der Waals surface area contributed by atoms with Crippen LogP contribution in [0.5, 0.6) is 5.75 Å². The molecule has 2 aromatic carbocycles. The molecule has 1 atom stereocenters.